The third-order valence-electron chi connectivity index (χ3n) is 5.45. The predicted molar refractivity (Wildman–Crippen MR) is 102 cm³/mol. The molecule has 6 nitrogen and oxygen atoms in total. The maximum Gasteiger partial charge on any atom is 0.237 e. The van der Waals surface area contributed by atoms with Crippen LogP contribution in [0.2, 0.25) is 0 Å². The van der Waals surface area contributed by atoms with E-state index >= 15 is 0 Å². The Labute approximate surface area is 156 Å². The second-order valence-electron chi connectivity index (χ2n) is 7.35. The number of anilines is 1. The molecular formula is C20H31N3O3. The number of hydrogen-bond donors (Lipinski definition) is 2. The van der Waals surface area contributed by atoms with Gasteiger partial charge in [0.15, 0.2) is 0 Å². The molecule has 2 aliphatic heterocycles. The molecule has 2 saturated heterocycles. The second kappa shape index (κ2) is 9.35. The quantitative estimate of drug-likeness (QED) is 0.716. The summed E-state index contributed by atoms with van der Waals surface area (Å²) >= 11 is 0. The van der Waals surface area contributed by atoms with E-state index in [9.17, 15) is 9.90 Å². The Morgan fingerprint density at radius 3 is 2.77 bits per heavy atom. The van der Waals surface area contributed by atoms with E-state index in [4.69, 9.17) is 4.74 Å². The third-order valence-corrected chi connectivity index (χ3v) is 5.45. The molecule has 1 amide bonds. The van der Waals surface area contributed by atoms with Crippen LogP contribution < -0.4 is 10.2 Å². The summed E-state index contributed by atoms with van der Waals surface area (Å²) in [5.74, 6) is 0.0513. The average Bonchev–Trinajstić information content (AvgIpc) is 3.08. The molecule has 0 spiro atoms. The number of carbonyl (C=O) groups excluding carboxylic acids is 1. The number of likely N-dealkylation sites (tertiary alicyclic amines) is 1. The largest absolute Gasteiger partial charge is 0.392 e. The highest BCUT2D eigenvalue weighted by atomic mass is 16.5. The van der Waals surface area contributed by atoms with Crippen molar-refractivity contribution >= 4 is 11.6 Å². The maximum absolute atomic E-state index is 12.6. The number of nitrogens with zero attached hydrogens (tertiary/aromatic N) is 2. The van der Waals surface area contributed by atoms with Gasteiger partial charge < -0.3 is 20.1 Å². The normalized spacial score (nSPS) is 24.5. The van der Waals surface area contributed by atoms with Gasteiger partial charge in [0.05, 0.1) is 12.1 Å². The summed E-state index contributed by atoms with van der Waals surface area (Å²) in [6, 6.07) is 10.4. The minimum absolute atomic E-state index is 0.0513. The van der Waals surface area contributed by atoms with Gasteiger partial charge in [0.1, 0.15) is 0 Å². The summed E-state index contributed by atoms with van der Waals surface area (Å²) in [6.45, 7) is 3.64. The molecule has 0 bridgehead atoms. The van der Waals surface area contributed by atoms with Crippen LogP contribution in [0.3, 0.4) is 0 Å². The number of ether oxygens (including phenoxy) is 1. The van der Waals surface area contributed by atoms with Gasteiger partial charge in [-0.05, 0) is 37.8 Å². The van der Waals surface area contributed by atoms with Crippen LogP contribution in [0.5, 0.6) is 0 Å². The molecule has 1 aromatic rings. The highest BCUT2D eigenvalue weighted by Gasteiger charge is 2.39. The van der Waals surface area contributed by atoms with E-state index in [2.05, 4.69) is 34.3 Å². The fourth-order valence-electron chi connectivity index (χ4n) is 3.97. The summed E-state index contributed by atoms with van der Waals surface area (Å²) in [5, 5.41) is 13.1. The molecule has 0 radical (unpaired) electrons. The number of carbonyl (C=O) groups is 1. The molecule has 1 aromatic carbocycles. The fraction of sp³-hybridized carbons (Fsp3) is 0.650. The minimum Gasteiger partial charge on any atom is -0.392 e. The van der Waals surface area contributed by atoms with E-state index < -0.39 is 6.10 Å². The average molecular weight is 361 g/mol. The summed E-state index contributed by atoms with van der Waals surface area (Å²) in [4.78, 5) is 17.0. The monoisotopic (exact) mass is 361 g/mol. The highest BCUT2D eigenvalue weighted by molar-refractivity contribution is 5.82. The number of benzene rings is 1. The Hall–Kier alpha value is -1.63. The van der Waals surface area contributed by atoms with Crippen molar-refractivity contribution in [2.45, 2.75) is 43.9 Å². The van der Waals surface area contributed by atoms with Crippen molar-refractivity contribution in [2.75, 3.05) is 44.8 Å². The molecule has 2 aliphatic rings. The van der Waals surface area contributed by atoms with Crippen LogP contribution in [0.25, 0.3) is 0 Å². The summed E-state index contributed by atoms with van der Waals surface area (Å²) < 4.78 is 5.43. The van der Waals surface area contributed by atoms with Gasteiger partial charge in [-0.25, -0.2) is 0 Å². The van der Waals surface area contributed by atoms with E-state index in [-0.39, 0.29) is 11.9 Å². The molecule has 3 rings (SSSR count). The molecule has 0 aliphatic carbocycles. The van der Waals surface area contributed by atoms with Gasteiger partial charge in [0.2, 0.25) is 5.91 Å². The molecule has 0 unspecified atom stereocenters. The van der Waals surface area contributed by atoms with Gasteiger partial charge in [-0.3, -0.25) is 9.69 Å². The lowest BCUT2D eigenvalue weighted by molar-refractivity contribution is -0.126. The number of para-hydroxylation sites is 1. The smallest absolute Gasteiger partial charge is 0.237 e. The SMILES string of the molecule is CN(CCCNC(=O)[C@@H]1C[C@@H](O)CN1C1CCOCC1)c1ccccc1. The molecule has 2 heterocycles. The highest BCUT2D eigenvalue weighted by Crippen LogP contribution is 2.25. The number of aliphatic hydroxyl groups is 1. The van der Waals surface area contributed by atoms with E-state index in [1.54, 1.807) is 0 Å². The van der Waals surface area contributed by atoms with Crippen LogP contribution in [0.4, 0.5) is 5.69 Å². The van der Waals surface area contributed by atoms with Crippen molar-refractivity contribution in [3.8, 4) is 0 Å². The van der Waals surface area contributed by atoms with Gasteiger partial charge in [-0.2, -0.15) is 0 Å². The Balaban J connectivity index is 1.43. The molecule has 0 saturated carbocycles. The number of rotatable bonds is 7. The molecule has 0 aromatic heterocycles. The lowest BCUT2D eigenvalue weighted by Crippen LogP contribution is -2.49. The predicted octanol–water partition coefficient (Wildman–Crippen LogP) is 1.24. The van der Waals surface area contributed by atoms with Gasteiger partial charge in [0.25, 0.3) is 0 Å². The van der Waals surface area contributed by atoms with E-state index in [1.807, 2.05) is 18.2 Å². The molecule has 26 heavy (non-hydrogen) atoms. The van der Waals surface area contributed by atoms with Gasteiger partial charge in [0, 0.05) is 51.6 Å². The number of β-amino-alcohol motifs (C(OH)–C–C–N with tert-alkyl or cyclic N) is 1. The fourth-order valence-corrected chi connectivity index (χ4v) is 3.97. The topological polar surface area (TPSA) is 65.0 Å². The van der Waals surface area contributed by atoms with Crippen LogP contribution in [0, 0.1) is 0 Å². The first-order valence-corrected chi connectivity index (χ1v) is 9.70. The third kappa shape index (κ3) is 4.96. The standard InChI is InChI=1S/C20H31N3O3/c1-22(16-6-3-2-4-7-16)11-5-10-21-20(25)19-14-18(24)15-23(19)17-8-12-26-13-9-17/h2-4,6-7,17-19,24H,5,8-15H2,1H3,(H,21,25)/t18-,19+/m1/s1. The maximum atomic E-state index is 12.6. The Kier molecular flexibility index (Phi) is 6.88. The Morgan fingerprint density at radius 2 is 2.04 bits per heavy atom. The van der Waals surface area contributed by atoms with Crippen LogP contribution in [-0.2, 0) is 9.53 Å². The van der Waals surface area contributed by atoms with Crippen molar-refractivity contribution in [3.63, 3.8) is 0 Å². The molecular weight excluding hydrogens is 330 g/mol. The first-order chi connectivity index (χ1) is 12.6. The summed E-state index contributed by atoms with van der Waals surface area (Å²) in [7, 11) is 2.07. The number of nitrogens with one attached hydrogen (secondary N) is 1. The van der Waals surface area contributed by atoms with Gasteiger partial charge in [-0.15, -0.1) is 0 Å². The Morgan fingerprint density at radius 1 is 1.31 bits per heavy atom. The molecule has 144 valence electrons. The van der Waals surface area contributed by atoms with Crippen molar-refractivity contribution in [1.82, 2.24) is 10.2 Å². The minimum atomic E-state index is -0.405. The van der Waals surface area contributed by atoms with Crippen molar-refractivity contribution in [3.05, 3.63) is 30.3 Å². The summed E-state index contributed by atoms with van der Waals surface area (Å²) in [6.07, 6.45) is 2.91. The molecule has 2 fully saturated rings. The zero-order valence-electron chi connectivity index (χ0n) is 15.6. The first kappa shape index (κ1) is 19.1. The lowest BCUT2D eigenvalue weighted by Gasteiger charge is -2.34. The lowest BCUT2D eigenvalue weighted by atomic mass is 10.1. The van der Waals surface area contributed by atoms with E-state index in [0.717, 1.165) is 39.0 Å². The number of hydrogen-bond acceptors (Lipinski definition) is 5. The summed E-state index contributed by atoms with van der Waals surface area (Å²) in [5.41, 5.74) is 1.18. The zero-order valence-corrected chi connectivity index (χ0v) is 15.6. The van der Waals surface area contributed by atoms with E-state index in [1.165, 1.54) is 5.69 Å². The van der Waals surface area contributed by atoms with Gasteiger partial charge in [-0.1, -0.05) is 18.2 Å². The van der Waals surface area contributed by atoms with Crippen molar-refractivity contribution in [1.29, 1.82) is 0 Å². The van der Waals surface area contributed by atoms with E-state index in [0.29, 0.717) is 25.6 Å². The van der Waals surface area contributed by atoms with Crippen LogP contribution in [0.15, 0.2) is 30.3 Å². The number of aliphatic hydroxyl groups excluding tert-OH is 1. The molecule has 2 N–H and O–H groups in total. The van der Waals surface area contributed by atoms with Crippen LogP contribution in [0.1, 0.15) is 25.7 Å². The van der Waals surface area contributed by atoms with Crippen molar-refractivity contribution < 1.29 is 14.6 Å². The molecule has 2 atom stereocenters. The van der Waals surface area contributed by atoms with Crippen LogP contribution in [-0.4, -0.2) is 74.0 Å². The van der Waals surface area contributed by atoms with Gasteiger partial charge >= 0.3 is 0 Å². The second-order valence-corrected chi connectivity index (χ2v) is 7.35. The molecule has 6 heteroatoms. The Bertz CT molecular complexity index is 563. The first-order valence-electron chi connectivity index (χ1n) is 9.70. The number of amides is 1. The van der Waals surface area contributed by atoms with Crippen LogP contribution >= 0.6 is 0 Å². The van der Waals surface area contributed by atoms with Crippen molar-refractivity contribution in [2.24, 2.45) is 0 Å². The zero-order chi connectivity index (χ0) is 18.4.